The molecule has 0 radical (unpaired) electrons. The van der Waals surface area contributed by atoms with Crippen molar-refractivity contribution in [2.75, 3.05) is 6.54 Å². The van der Waals surface area contributed by atoms with E-state index in [0.29, 0.717) is 10.9 Å². The third-order valence-electron chi connectivity index (χ3n) is 2.02. The number of primary amides is 1. The maximum Gasteiger partial charge on any atom is 0.217 e. The van der Waals surface area contributed by atoms with Crippen molar-refractivity contribution in [1.29, 1.82) is 0 Å². The van der Waals surface area contributed by atoms with Gasteiger partial charge in [0.15, 0.2) is 6.34 Å². The van der Waals surface area contributed by atoms with Crippen molar-refractivity contribution in [2.24, 2.45) is 10.7 Å². The molecule has 2 N–H and O–H groups in total. The molecule has 0 aromatic carbocycles. The Morgan fingerprint density at radius 1 is 1.69 bits per heavy atom. The lowest BCUT2D eigenvalue weighted by atomic mass is 10.2. The van der Waals surface area contributed by atoms with E-state index in [2.05, 4.69) is 11.6 Å². The van der Waals surface area contributed by atoms with Gasteiger partial charge in [0.1, 0.15) is 6.20 Å². The molecule has 1 aliphatic heterocycles. The van der Waals surface area contributed by atoms with Crippen molar-refractivity contribution in [3.05, 3.63) is 25.2 Å². The minimum Gasteiger partial charge on any atom is -0.370 e. The molecule has 70 valence electrons. The first-order valence-corrected chi connectivity index (χ1v) is 4.20. The summed E-state index contributed by atoms with van der Waals surface area (Å²) in [6.07, 6.45) is 8.38. The van der Waals surface area contributed by atoms with Gasteiger partial charge in [-0.05, 0) is 6.58 Å². The Bertz CT molecular complexity index is 256. The van der Waals surface area contributed by atoms with Crippen molar-refractivity contribution in [3.8, 4) is 0 Å². The average Bonchev–Trinajstić information content (AvgIpc) is 2.53. The molecule has 0 saturated heterocycles. The number of carbonyl (C=O) groups excluding carboxylic acids is 1. The lowest BCUT2D eigenvalue weighted by Crippen LogP contribution is -2.34. The summed E-state index contributed by atoms with van der Waals surface area (Å²) in [4.78, 5) is 14.5. The minimum atomic E-state index is -0.262. The molecule has 13 heavy (non-hydrogen) atoms. The first-order chi connectivity index (χ1) is 6.18. The number of quaternary nitrogens is 1. The zero-order valence-electron chi connectivity index (χ0n) is 7.52. The molecule has 0 aromatic rings. The molecule has 1 unspecified atom stereocenters. The van der Waals surface area contributed by atoms with E-state index in [1.165, 1.54) is 0 Å². The lowest BCUT2D eigenvalue weighted by molar-refractivity contribution is -0.721. The van der Waals surface area contributed by atoms with Gasteiger partial charge < -0.3 is 5.73 Å². The van der Waals surface area contributed by atoms with Crippen LogP contribution in [0.15, 0.2) is 30.2 Å². The van der Waals surface area contributed by atoms with Gasteiger partial charge in [0.05, 0.1) is 18.9 Å². The second-order valence-corrected chi connectivity index (χ2v) is 3.03. The van der Waals surface area contributed by atoms with E-state index in [4.69, 9.17) is 5.73 Å². The van der Waals surface area contributed by atoms with Gasteiger partial charge in [0.25, 0.3) is 0 Å². The van der Waals surface area contributed by atoms with Crippen molar-refractivity contribution < 1.29 is 9.28 Å². The van der Waals surface area contributed by atoms with Gasteiger partial charge in [-0.25, -0.2) is 9.48 Å². The van der Waals surface area contributed by atoms with Crippen LogP contribution < -0.4 is 5.73 Å². The second kappa shape index (κ2) is 4.00. The number of rotatable bonds is 5. The topological polar surface area (TPSA) is 55.5 Å². The predicted molar refractivity (Wildman–Crippen MR) is 51.4 cm³/mol. The van der Waals surface area contributed by atoms with Gasteiger partial charge in [-0.3, -0.25) is 4.79 Å². The van der Waals surface area contributed by atoms with E-state index in [-0.39, 0.29) is 5.91 Å². The molecule has 4 nitrogen and oxygen atoms in total. The molecule has 0 spiro atoms. The monoisotopic (exact) mass is 180 g/mol. The molecule has 1 rings (SSSR count). The lowest BCUT2D eigenvalue weighted by Gasteiger charge is -2.21. The van der Waals surface area contributed by atoms with Crippen LogP contribution >= 0.6 is 0 Å². The van der Waals surface area contributed by atoms with Crippen LogP contribution in [0.25, 0.3) is 0 Å². The molecule has 0 aliphatic carbocycles. The fourth-order valence-electron chi connectivity index (χ4n) is 1.22. The van der Waals surface area contributed by atoms with Gasteiger partial charge in [-0.15, -0.1) is 0 Å². The van der Waals surface area contributed by atoms with Crippen LogP contribution in [0.2, 0.25) is 0 Å². The Labute approximate surface area is 77.6 Å². The van der Waals surface area contributed by atoms with Crippen LogP contribution in [-0.2, 0) is 4.79 Å². The summed E-state index contributed by atoms with van der Waals surface area (Å²) in [6, 6.07) is 0. The quantitative estimate of drug-likeness (QED) is 0.623. The Morgan fingerprint density at radius 2 is 2.46 bits per heavy atom. The first-order valence-electron chi connectivity index (χ1n) is 4.20. The van der Waals surface area contributed by atoms with E-state index >= 15 is 0 Å². The number of amides is 1. The number of nitrogens with zero attached hydrogens (tertiary/aromatic N) is 2. The van der Waals surface area contributed by atoms with E-state index in [9.17, 15) is 4.79 Å². The van der Waals surface area contributed by atoms with Crippen LogP contribution in [0.5, 0.6) is 0 Å². The molecule has 1 atom stereocenters. The highest BCUT2D eigenvalue weighted by Gasteiger charge is 2.21. The zero-order valence-corrected chi connectivity index (χ0v) is 7.52. The number of aliphatic imine (C=N–C) groups is 1. The summed E-state index contributed by atoms with van der Waals surface area (Å²) < 4.78 is 0.507. The number of hydrogen-bond donors (Lipinski definition) is 1. The van der Waals surface area contributed by atoms with Crippen LogP contribution in [0.1, 0.15) is 12.8 Å². The van der Waals surface area contributed by atoms with Crippen LogP contribution in [0.3, 0.4) is 0 Å². The smallest absolute Gasteiger partial charge is 0.217 e. The number of nitrogens with two attached hydrogens (primary N) is 1. The van der Waals surface area contributed by atoms with E-state index < -0.39 is 0 Å². The Hall–Kier alpha value is -1.42. The number of hydrogen-bond acceptors (Lipinski definition) is 2. The molecule has 0 aromatic heterocycles. The highest BCUT2D eigenvalue weighted by molar-refractivity contribution is 5.73. The van der Waals surface area contributed by atoms with Gasteiger partial charge in [0.2, 0.25) is 5.91 Å². The van der Waals surface area contributed by atoms with Gasteiger partial charge >= 0.3 is 0 Å². The van der Waals surface area contributed by atoms with Gasteiger partial charge in [-0.2, -0.15) is 0 Å². The largest absolute Gasteiger partial charge is 0.370 e. The average molecular weight is 180 g/mol. The van der Waals surface area contributed by atoms with Crippen molar-refractivity contribution in [2.45, 2.75) is 12.8 Å². The third-order valence-corrected chi connectivity index (χ3v) is 2.02. The predicted octanol–water partition coefficient (Wildman–Crippen LogP) is 0.725. The summed E-state index contributed by atoms with van der Waals surface area (Å²) in [5.74, 6) is -0.262. The highest BCUT2D eigenvalue weighted by Crippen LogP contribution is 2.13. The molecule has 0 fully saturated rings. The summed E-state index contributed by atoms with van der Waals surface area (Å²) >= 11 is 0. The summed E-state index contributed by atoms with van der Waals surface area (Å²) in [6.45, 7) is 4.51. The molecule has 1 heterocycles. The maximum absolute atomic E-state index is 10.5. The van der Waals surface area contributed by atoms with E-state index in [0.717, 1.165) is 13.0 Å². The van der Waals surface area contributed by atoms with E-state index in [1.807, 2.05) is 6.20 Å². The standard InChI is InChI=1S/C9H13N3O/c1-2-12(7-5-11-8-12)6-3-4-9(10)13/h2,5,7-8H,1,3-4,6H2,(H-,10,13)/p+1. The molecule has 0 saturated carbocycles. The first kappa shape index (κ1) is 9.67. The highest BCUT2D eigenvalue weighted by atomic mass is 16.1. The SMILES string of the molecule is C=C[N+]1(CCCC(N)=O)C=CN=C1. The summed E-state index contributed by atoms with van der Waals surface area (Å²) in [5.41, 5.74) is 5.04. The van der Waals surface area contributed by atoms with Crippen LogP contribution in [0.4, 0.5) is 0 Å². The van der Waals surface area contributed by atoms with E-state index in [1.54, 1.807) is 18.7 Å². The van der Waals surface area contributed by atoms with Crippen LogP contribution in [0, 0.1) is 0 Å². The normalized spacial score (nSPS) is 24.9. The molecule has 0 bridgehead atoms. The Morgan fingerprint density at radius 3 is 2.92 bits per heavy atom. The fraction of sp³-hybridized carbons (Fsp3) is 0.333. The second-order valence-electron chi connectivity index (χ2n) is 3.03. The van der Waals surface area contributed by atoms with Crippen molar-refractivity contribution >= 4 is 12.2 Å². The number of carbonyl (C=O) groups is 1. The molecular weight excluding hydrogens is 166 g/mol. The zero-order chi connectivity index (χ0) is 9.73. The summed E-state index contributed by atoms with van der Waals surface area (Å²) in [7, 11) is 0. The summed E-state index contributed by atoms with van der Waals surface area (Å²) in [5, 5.41) is 0. The van der Waals surface area contributed by atoms with Gasteiger partial charge in [-0.1, -0.05) is 0 Å². The van der Waals surface area contributed by atoms with Gasteiger partial charge in [0, 0.05) is 12.8 Å². The molecule has 4 heteroatoms. The molecular formula is C9H14N3O+. The minimum absolute atomic E-state index is 0.262. The van der Waals surface area contributed by atoms with Crippen LogP contribution in [-0.4, -0.2) is 23.3 Å². The third kappa shape index (κ3) is 2.52. The molecule has 1 amide bonds. The van der Waals surface area contributed by atoms with Crippen molar-refractivity contribution in [1.82, 2.24) is 0 Å². The Balaban J connectivity index is 2.42. The maximum atomic E-state index is 10.5. The van der Waals surface area contributed by atoms with Crippen molar-refractivity contribution in [3.63, 3.8) is 0 Å². The fourth-order valence-corrected chi connectivity index (χ4v) is 1.22. The Kier molecular flexibility index (Phi) is 2.97. The molecule has 1 aliphatic rings.